The van der Waals surface area contributed by atoms with Crippen LogP contribution >= 0.6 is 0 Å². The summed E-state index contributed by atoms with van der Waals surface area (Å²) >= 11 is 0. The normalized spacial score (nSPS) is 12.0. The van der Waals surface area contributed by atoms with Gasteiger partial charge in [-0.05, 0) is 6.55 Å². The van der Waals surface area contributed by atoms with Crippen molar-refractivity contribution in [2.24, 2.45) is 0 Å². The summed E-state index contributed by atoms with van der Waals surface area (Å²) in [7, 11) is 1.57. The highest BCUT2D eigenvalue weighted by Crippen LogP contribution is 2.09. The van der Waals surface area contributed by atoms with Crippen LogP contribution in [0.2, 0.25) is 6.55 Å². The Hall–Kier alpha value is 0.137. The quantitative estimate of drug-likeness (QED) is 0.561. The SMILES string of the molecule is CC[CH][Si](C)(OC)OC. The van der Waals surface area contributed by atoms with Crippen LogP contribution < -0.4 is 0 Å². The minimum atomic E-state index is -1.82. The first-order valence-corrected chi connectivity index (χ1v) is 5.52. The third-order valence-corrected chi connectivity index (χ3v) is 4.16. The third-order valence-electron chi connectivity index (χ3n) is 1.39. The van der Waals surface area contributed by atoms with Crippen molar-refractivity contribution in [3.05, 3.63) is 6.04 Å². The van der Waals surface area contributed by atoms with Gasteiger partial charge in [0, 0.05) is 20.3 Å². The molecule has 2 nitrogen and oxygen atoms in total. The van der Waals surface area contributed by atoms with Gasteiger partial charge in [0.2, 0.25) is 0 Å². The molecule has 0 aliphatic rings. The minimum Gasteiger partial charge on any atom is -0.398 e. The number of rotatable bonds is 4. The van der Waals surface area contributed by atoms with Gasteiger partial charge in [-0.25, -0.2) is 0 Å². The van der Waals surface area contributed by atoms with E-state index < -0.39 is 8.56 Å². The second-order valence-electron chi connectivity index (χ2n) is 2.04. The van der Waals surface area contributed by atoms with E-state index in [9.17, 15) is 0 Å². The Morgan fingerprint density at radius 1 is 1.33 bits per heavy atom. The van der Waals surface area contributed by atoms with Gasteiger partial charge >= 0.3 is 8.56 Å². The first-order chi connectivity index (χ1) is 4.18. The molecule has 0 aromatic heterocycles. The van der Waals surface area contributed by atoms with Crippen molar-refractivity contribution >= 4 is 8.56 Å². The van der Waals surface area contributed by atoms with Gasteiger partial charge in [0.15, 0.2) is 0 Å². The van der Waals surface area contributed by atoms with Crippen LogP contribution in [0.15, 0.2) is 0 Å². The number of hydrogen-bond acceptors (Lipinski definition) is 2. The van der Waals surface area contributed by atoms with E-state index in [1.54, 1.807) is 14.2 Å². The van der Waals surface area contributed by atoms with Crippen LogP contribution in [0, 0.1) is 6.04 Å². The summed E-state index contributed by atoms with van der Waals surface area (Å²) in [5.41, 5.74) is 0. The molecule has 0 amide bonds. The van der Waals surface area contributed by atoms with E-state index in [2.05, 4.69) is 13.0 Å². The zero-order valence-electron chi connectivity index (χ0n) is 6.60. The van der Waals surface area contributed by atoms with E-state index in [4.69, 9.17) is 8.85 Å². The van der Waals surface area contributed by atoms with E-state index in [0.717, 1.165) is 6.42 Å². The predicted octanol–water partition coefficient (Wildman–Crippen LogP) is 1.50. The predicted molar refractivity (Wildman–Crippen MR) is 40.2 cm³/mol. The van der Waals surface area contributed by atoms with Crippen LogP contribution in [0.4, 0.5) is 0 Å². The monoisotopic (exact) mass is 147 g/mol. The zero-order valence-corrected chi connectivity index (χ0v) is 7.60. The van der Waals surface area contributed by atoms with Crippen LogP contribution in [0.5, 0.6) is 0 Å². The van der Waals surface area contributed by atoms with Crippen molar-refractivity contribution in [2.45, 2.75) is 19.9 Å². The lowest BCUT2D eigenvalue weighted by atomic mass is 10.6. The molecule has 9 heavy (non-hydrogen) atoms. The maximum Gasteiger partial charge on any atom is 0.337 e. The largest absolute Gasteiger partial charge is 0.398 e. The van der Waals surface area contributed by atoms with E-state index in [-0.39, 0.29) is 0 Å². The highest BCUT2D eigenvalue weighted by molar-refractivity contribution is 6.69. The molecule has 0 unspecified atom stereocenters. The Morgan fingerprint density at radius 2 is 1.78 bits per heavy atom. The van der Waals surface area contributed by atoms with E-state index in [1.165, 1.54) is 0 Å². The van der Waals surface area contributed by atoms with E-state index >= 15 is 0 Å². The van der Waals surface area contributed by atoms with Gasteiger partial charge in [-0.3, -0.25) is 0 Å². The molecular weight excluding hydrogens is 132 g/mol. The molecule has 0 aromatic rings. The van der Waals surface area contributed by atoms with Crippen molar-refractivity contribution in [3.63, 3.8) is 0 Å². The lowest BCUT2D eigenvalue weighted by Gasteiger charge is -2.21. The molecule has 55 valence electrons. The Labute approximate surface area is 58.4 Å². The summed E-state index contributed by atoms with van der Waals surface area (Å²) in [6, 6.07) is 2.12. The Morgan fingerprint density at radius 3 is 1.89 bits per heavy atom. The second-order valence-corrected chi connectivity index (χ2v) is 5.29. The summed E-state index contributed by atoms with van der Waals surface area (Å²) in [6.07, 6.45) is 1.02. The maximum atomic E-state index is 5.19. The molecule has 3 heteroatoms. The van der Waals surface area contributed by atoms with Gasteiger partial charge in [0.25, 0.3) is 0 Å². The summed E-state index contributed by atoms with van der Waals surface area (Å²) in [4.78, 5) is 0. The van der Waals surface area contributed by atoms with Crippen molar-refractivity contribution in [3.8, 4) is 0 Å². The fraction of sp³-hybridized carbons (Fsp3) is 0.833. The molecule has 0 rings (SSSR count). The molecule has 0 atom stereocenters. The van der Waals surface area contributed by atoms with Gasteiger partial charge in [0.1, 0.15) is 0 Å². The highest BCUT2D eigenvalue weighted by atomic mass is 28.4. The fourth-order valence-corrected chi connectivity index (χ4v) is 1.86. The molecule has 0 heterocycles. The summed E-state index contributed by atoms with van der Waals surface area (Å²) in [5.74, 6) is 0. The Bertz CT molecular complexity index is 71.5. The average Bonchev–Trinajstić information content (AvgIpc) is 1.89. The number of hydrogen-bond donors (Lipinski definition) is 0. The van der Waals surface area contributed by atoms with Crippen LogP contribution in [-0.4, -0.2) is 22.8 Å². The van der Waals surface area contributed by atoms with Gasteiger partial charge < -0.3 is 8.85 Å². The van der Waals surface area contributed by atoms with Crippen LogP contribution in [0.3, 0.4) is 0 Å². The van der Waals surface area contributed by atoms with Crippen molar-refractivity contribution in [2.75, 3.05) is 14.2 Å². The first-order valence-electron chi connectivity index (χ1n) is 3.13. The molecular formula is C6H15O2Si. The van der Waals surface area contributed by atoms with E-state index in [1.807, 2.05) is 6.55 Å². The summed E-state index contributed by atoms with van der Waals surface area (Å²) in [5, 5.41) is 0. The summed E-state index contributed by atoms with van der Waals surface area (Å²) in [6.45, 7) is 4.11. The Kier molecular flexibility index (Phi) is 4.09. The molecule has 0 aliphatic heterocycles. The fourth-order valence-electron chi connectivity index (χ4n) is 0.621. The lowest BCUT2D eigenvalue weighted by Crippen LogP contribution is -2.36. The topological polar surface area (TPSA) is 18.5 Å². The van der Waals surface area contributed by atoms with Crippen LogP contribution in [-0.2, 0) is 8.85 Å². The molecule has 0 bridgehead atoms. The average molecular weight is 147 g/mol. The molecule has 0 aliphatic carbocycles. The minimum absolute atomic E-state index is 1.02. The van der Waals surface area contributed by atoms with Gasteiger partial charge in [0.05, 0.1) is 0 Å². The van der Waals surface area contributed by atoms with Crippen molar-refractivity contribution < 1.29 is 8.85 Å². The van der Waals surface area contributed by atoms with Gasteiger partial charge in [-0.15, -0.1) is 0 Å². The smallest absolute Gasteiger partial charge is 0.337 e. The van der Waals surface area contributed by atoms with Crippen LogP contribution in [0.25, 0.3) is 0 Å². The standard InChI is InChI=1S/C6H15O2Si/c1-5-6-9(4,7-2)8-3/h6H,5H2,1-4H3. The molecule has 0 spiro atoms. The molecule has 1 radical (unpaired) electrons. The molecule has 0 N–H and O–H groups in total. The van der Waals surface area contributed by atoms with Crippen molar-refractivity contribution in [1.29, 1.82) is 0 Å². The maximum absolute atomic E-state index is 5.19. The van der Waals surface area contributed by atoms with Gasteiger partial charge in [-0.1, -0.05) is 13.3 Å². The summed E-state index contributed by atoms with van der Waals surface area (Å²) < 4.78 is 10.4. The molecule has 0 saturated heterocycles. The second kappa shape index (κ2) is 4.03. The third kappa shape index (κ3) is 2.98. The van der Waals surface area contributed by atoms with E-state index in [0.29, 0.717) is 0 Å². The molecule has 0 saturated carbocycles. The molecule has 0 aromatic carbocycles. The van der Waals surface area contributed by atoms with Gasteiger partial charge in [-0.2, -0.15) is 0 Å². The Balaban J connectivity index is 3.62. The lowest BCUT2D eigenvalue weighted by molar-refractivity contribution is 0.258. The van der Waals surface area contributed by atoms with Crippen molar-refractivity contribution in [1.82, 2.24) is 0 Å². The van der Waals surface area contributed by atoms with Crippen LogP contribution in [0.1, 0.15) is 13.3 Å². The zero-order chi connectivity index (χ0) is 7.33. The highest BCUT2D eigenvalue weighted by Gasteiger charge is 2.26. The first kappa shape index (κ1) is 9.14. The molecule has 0 fully saturated rings.